The molecule has 0 unspecified atom stereocenters. The minimum Gasteiger partial charge on any atom is -0.347 e. The topological polar surface area (TPSA) is 88.4 Å². The molecule has 7 nitrogen and oxygen atoms in total. The van der Waals surface area contributed by atoms with Gasteiger partial charge in [0.25, 0.3) is 0 Å². The second-order valence-electron chi connectivity index (χ2n) is 7.56. The van der Waals surface area contributed by atoms with E-state index in [1.165, 1.54) is 16.9 Å². The SMILES string of the molecule is Cc1ccc(-c2nc3scc(CCNC(=O)C(=O)Nc4cc(C)cc(C)c4)n3n2)cc1. The van der Waals surface area contributed by atoms with Crippen molar-refractivity contribution >= 4 is 33.8 Å². The second kappa shape index (κ2) is 8.69. The Morgan fingerprint density at radius 1 is 0.968 bits per heavy atom. The zero-order valence-electron chi connectivity index (χ0n) is 17.6. The number of benzene rings is 2. The quantitative estimate of drug-likeness (QED) is 0.470. The molecule has 4 aromatic rings. The van der Waals surface area contributed by atoms with E-state index in [1.54, 1.807) is 4.52 Å². The average molecular weight is 434 g/mol. The molecule has 2 aromatic carbocycles. The third-order valence-electron chi connectivity index (χ3n) is 4.81. The van der Waals surface area contributed by atoms with Gasteiger partial charge in [-0.1, -0.05) is 35.9 Å². The Hall–Kier alpha value is -3.52. The number of nitrogens with one attached hydrogen (secondary N) is 2. The van der Waals surface area contributed by atoms with Gasteiger partial charge in [0.1, 0.15) is 0 Å². The van der Waals surface area contributed by atoms with Crippen LogP contribution in [-0.2, 0) is 16.0 Å². The van der Waals surface area contributed by atoms with Gasteiger partial charge in [-0.15, -0.1) is 16.4 Å². The molecule has 2 aromatic heterocycles. The number of rotatable bonds is 5. The van der Waals surface area contributed by atoms with Crippen LogP contribution in [0.5, 0.6) is 0 Å². The highest BCUT2D eigenvalue weighted by Crippen LogP contribution is 2.21. The lowest BCUT2D eigenvalue weighted by molar-refractivity contribution is -0.136. The summed E-state index contributed by atoms with van der Waals surface area (Å²) < 4.78 is 1.79. The molecular formula is C23H23N5O2S. The summed E-state index contributed by atoms with van der Waals surface area (Å²) in [6.45, 7) is 6.25. The number of fused-ring (bicyclic) bond motifs is 1. The van der Waals surface area contributed by atoms with Crippen LogP contribution in [-0.4, -0.2) is 33.0 Å². The van der Waals surface area contributed by atoms with Gasteiger partial charge in [-0.3, -0.25) is 9.59 Å². The van der Waals surface area contributed by atoms with Crippen molar-refractivity contribution in [2.24, 2.45) is 0 Å². The van der Waals surface area contributed by atoms with E-state index in [2.05, 4.69) is 20.7 Å². The van der Waals surface area contributed by atoms with E-state index in [4.69, 9.17) is 0 Å². The molecule has 0 radical (unpaired) electrons. The highest BCUT2D eigenvalue weighted by molar-refractivity contribution is 7.15. The maximum absolute atomic E-state index is 12.2. The van der Waals surface area contributed by atoms with Crippen molar-refractivity contribution < 1.29 is 9.59 Å². The molecule has 2 heterocycles. The predicted octanol–water partition coefficient (Wildman–Crippen LogP) is 3.68. The van der Waals surface area contributed by atoms with Crippen LogP contribution < -0.4 is 10.6 Å². The molecule has 0 bridgehead atoms. The third kappa shape index (κ3) is 4.80. The molecule has 0 saturated heterocycles. The second-order valence-corrected chi connectivity index (χ2v) is 8.40. The highest BCUT2D eigenvalue weighted by atomic mass is 32.1. The number of hydrogen-bond acceptors (Lipinski definition) is 5. The molecule has 0 aliphatic heterocycles. The van der Waals surface area contributed by atoms with Crippen LogP contribution in [0.4, 0.5) is 5.69 Å². The maximum atomic E-state index is 12.2. The number of carbonyl (C=O) groups excluding carboxylic acids is 2. The number of nitrogens with zero attached hydrogens (tertiary/aromatic N) is 3. The van der Waals surface area contributed by atoms with E-state index < -0.39 is 11.8 Å². The van der Waals surface area contributed by atoms with Crippen molar-refractivity contribution in [2.75, 3.05) is 11.9 Å². The van der Waals surface area contributed by atoms with Gasteiger partial charge in [0.2, 0.25) is 4.96 Å². The van der Waals surface area contributed by atoms with Gasteiger partial charge in [-0.25, -0.2) is 4.52 Å². The Labute approximate surface area is 184 Å². The number of aromatic nitrogens is 3. The van der Waals surface area contributed by atoms with Crippen molar-refractivity contribution in [1.82, 2.24) is 19.9 Å². The van der Waals surface area contributed by atoms with Gasteiger partial charge in [-0.05, 0) is 44.0 Å². The van der Waals surface area contributed by atoms with Crippen molar-refractivity contribution in [2.45, 2.75) is 27.2 Å². The highest BCUT2D eigenvalue weighted by Gasteiger charge is 2.15. The maximum Gasteiger partial charge on any atom is 0.313 e. The van der Waals surface area contributed by atoms with Crippen molar-refractivity contribution in [3.8, 4) is 11.4 Å². The monoisotopic (exact) mass is 433 g/mol. The summed E-state index contributed by atoms with van der Waals surface area (Å²) in [5.41, 5.74) is 5.74. The van der Waals surface area contributed by atoms with Crippen LogP contribution in [0.3, 0.4) is 0 Å². The Kier molecular flexibility index (Phi) is 5.81. The molecule has 0 fully saturated rings. The number of hydrogen-bond donors (Lipinski definition) is 2. The fraction of sp³-hybridized carbons (Fsp3) is 0.217. The van der Waals surface area contributed by atoms with Gasteiger partial charge < -0.3 is 10.6 Å². The smallest absolute Gasteiger partial charge is 0.313 e. The molecule has 0 saturated carbocycles. The van der Waals surface area contributed by atoms with Crippen LogP contribution in [0.1, 0.15) is 22.4 Å². The van der Waals surface area contributed by atoms with E-state index in [-0.39, 0.29) is 0 Å². The summed E-state index contributed by atoms with van der Waals surface area (Å²) in [5, 5.41) is 11.9. The van der Waals surface area contributed by atoms with Gasteiger partial charge in [0.05, 0.1) is 5.69 Å². The Morgan fingerprint density at radius 3 is 2.39 bits per heavy atom. The first-order chi connectivity index (χ1) is 14.9. The lowest BCUT2D eigenvalue weighted by Gasteiger charge is -2.08. The fourth-order valence-corrected chi connectivity index (χ4v) is 4.20. The first-order valence-corrected chi connectivity index (χ1v) is 10.8. The normalized spacial score (nSPS) is 10.9. The van der Waals surface area contributed by atoms with E-state index >= 15 is 0 Å². The number of aryl methyl sites for hydroxylation is 3. The van der Waals surface area contributed by atoms with Crippen LogP contribution >= 0.6 is 11.3 Å². The molecule has 0 spiro atoms. The number of amides is 2. The molecule has 31 heavy (non-hydrogen) atoms. The first-order valence-electron chi connectivity index (χ1n) is 9.97. The Balaban J connectivity index is 1.36. The minimum absolute atomic E-state index is 0.324. The molecular weight excluding hydrogens is 410 g/mol. The van der Waals surface area contributed by atoms with Crippen molar-refractivity contribution in [1.29, 1.82) is 0 Å². The van der Waals surface area contributed by atoms with E-state index in [0.29, 0.717) is 24.5 Å². The number of thiazole rings is 1. The van der Waals surface area contributed by atoms with Crippen LogP contribution in [0.2, 0.25) is 0 Å². The van der Waals surface area contributed by atoms with Crippen molar-refractivity contribution in [3.63, 3.8) is 0 Å². The Morgan fingerprint density at radius 2 is 1.68 bits per heavy atom. The van der Waals surface area contributed by atoms with Gasteiger partial charge in [0, 0.05) is 29.6 Å². The van der Waals surface area contributed by atoms with E-state index in [0.717, 1.165) is 27.3 Å². The molecule has 2 N–H and O–H groups in total. The lowest BCUT2D eigenvalue weighted by atomic mass is 10.1. The van der Waals surface area contributed by atoms with Crippen LogP contribution in [0, 0.1) is 20.8 Å². The summed E-state index contributed by atoms with van der Waals surface area (Å²) >= 11 is 1.50. The van der Waals surface area contributed by atoms with E-state index in [9.17, 15) is 9.59 Å². The summed E-state index contributed by atoms with van der Waals surface area (Å²) in [6, 6.07) is 13.7. The molecule has 0 atom stereocenters. The van der Waals surface area contributed by atoms with Crippen LogP contribution in [0.15, 0.2) is 47.8 Å². The van der Waals surface area contributed by atoms with E-state index in [1.807, 2.05) is 68.6 Å². The predicted molar refractivity (Wildman–Crippen MR) is 122 cm³/mol. The standard InChI is InChI=1S/C23H23N5O2S/c1-14-4-6-17(7-5-14)20-26-23-28(27-20)19(13-31-23)8-9-24-21(29)22(30)25-18-11-15(2)10-16(3)12-18/h4-7,10-13H,8-9H2,1-3H3,(H,24,29)(H,25,30). The minimum atomic E-state index is -0.678. The van der Waals surface area contributed by atoms with Crippen LogP contribution in [0.25, 0.3) is 16.3 Å². The van der Waals surface area contributed by atoms with Gasteiger partial charge >= 0.3 is 11.8 Å². The Bertz CT molecular complexity index is 1240. The summed E-state index contributed by atoms with van der Waals surface area (Å²) in [4.78, 5) is 29.7. The molecule has 0 aliphatic rings. The number of anilines is 1. The number of carbonyl (C=O) groups is 2. The zero-order chi connectivity index (χ0) is 22.0. The molecule has 158 valence electrons. The fourth-order valence-electron chi connectivity index (χ4n) is 3.34. The molecule has 4 rings (SSSR count). The largest absolute Gasteiger partial charge is 0.347 e. The first kappa shape index (κ1) is 20.7. The lowest BCUT2D eigenvalue weighted by Crippen LogP contribution is -2.36. The summed E-state index contributed by atoms with van der Waals surface area (Å²) in [5.74, 6) is -0.669. The summed E-state index contributed by atoms with van der Waals surface area (Å²) in [6.07, 6.45) is 0.541. The van der Waals surface area contributed by atoms with Gasteiger partial charge in [0.15, 0.2) is 5.82 Å². The average Bonchev–Trinajstić information content (AvgIpc) is 3.29. The molecule has 0 aliphatic carbocycles. The zero-order valence-corrected chi connectivity index (χ0v) is 18.4. The molecule has 8 heteroatoms. The molecule has 2 amide bonds. The van der Waals surface area contributed by atoms with Crippen molar-refractivity contribution in [3.05, 3.63) is 70.2 Å². The third-order valence-corrected chi connectivity index (χ3v) is 5.68. The summed E-state index contributed by atoms with van der Waals surface area (Å²) in [7, 11) is 0. The van der Waals surface area contributed by atoms with Gasteiger partial charge in [-0.2, -0.15) is 4.98 Å².